The first-order valence-electron chi connectivity index (χ1n) is 10.8. The number of benzene rings is 3. The molecule has 0 fully saturated rings. The van der Waals surface area contributed by atoms with E-state index >= 15 is 0 Å². The number of anilines is 1. The third-order valence-electron chi connectivity index (χ3n) is 5.08. The standard InChI is InChI=1S/C27H25N3O3/c1-19(31)29-23-14-12-20(13-15-23)18-28-24(32)16-17-25-30-26(21-8-4-2-5-9-21)27(33-25)22-10-6-3-7-11-22/h2-15H,16-18H2,1H3,(H,28,32)(H,29,31). The summed E-state index contributed by atoms with van der Waals surface area (Å²) in [4.78, 5) is 28.2. The molecule has 0 aliphatic rings. The Labute approximate surface area is 192 Å². The molecule has 4 rings (SSSR count). The van der Waals surface area contributed by atoms with Gasteiger partial charge in [-0.15, -0.1) is 0 Å². The summed E-state index contributed by atoms with van der Waals surface area (Å²) in [5.41, 5.74) is 4.37. The molecule has 4 aromatic rings. The zero-order valence-electron chi connectivity index (χ0n) is 18.4. The number of rotatable bonds is 8. The molecular weight excluding hydrogens is 414 g/mol. The number of aromatic nitrogens is 1. The predicted octanol–water partition coefficient (Wildman–Crippen LogP) is 5.22. The van der Waals surface area contributed by atoms with E-state index in [0.717, 1.165) is 28.1 Å². The second-order valence-corrected chi connectivity index (χ2v) is 7.67. The fourth-order valence-electron chi connectivity index (χ4n) is 3.47. The molecule has 0 saturated carbocycles. The van der Waals surface area contributed by atoms with E-state index in [9.17, 15) is 9.59 Å². The van der Waals surface area contributed by atoms with Crippen LogP contribution in [-0.4, -0.2) is 16.8 Å². The largest absolute Gasteiger partial charge is 0.440 e. The minimum atomic E-state index is -0.117. The third kappa shape index (κ3) is 5.95. The lowest BCUT2D eigenvalue weighted by molar-refractivity contribution is -0.121. The van der Waals surface area contributed by atoms with Gasteiger partial charge in [-0.05, 0) is 17.7 Å². The molecule has 0 saturated heterocycles. The predicted molar refractivity (Wildman–Crippen MR) is 128 cm³/mol. The van der Waals surface area contributed by atoms with Gasteiger partial charge in [-0.25, -0.2) is 4.98 Å². The molecule has 0 unspecified atom stereocenters. The van der Waals surface area contributed by atoms with E-state index in [1.165, 1.54) is 6.92 Å². The zero-order chi connectivity index (χ0) is 23.0. The summed E-state index contributed by atoms with van der Waals surface area (Å²) in [5.74, 6) is 1.04. The van der Waals surface area contributed by atoms with Crippen LogP contribution in [0.1, 0.15) is 24.8 Å². The molecule has 1 aromatic heterocycles. The number of nitrogens with one attached hydrogen (secondary N) is 2. The van der Waals surface area contributed by atoms with Gasteiger partial charge in [0, 0.05) is 43.1 Å². The summed E-state index contributed by atoms with van der Waals surface area (Å²) in [6, 6.07) is 27.1. The Bertz CT molecular complexity index is 1160. The summed E-state index contributed by atoms with van der Waals surface area (Å²) < 4.78 is 6.09. The Morgan fingerprint density at radius 1 is 0.848 bits per heavy atom. The number of hydrogen-bond donors (Lipinski definition) is 2. The molecule has 2 N–H and O–H groups in total. The second kappa shape index (κ2) is 10.4. The molecule has 0 aliphatic carbocycles. The second-order valence-electron chi connectivity index (χ2n) is 7.67. The van der Waals surface area contributed by atoms with E-state index in [4.69, 9.17) is 9.40 Å². The van der Waals surface area contributed by atoms with Gasteiger partial charge in [0.05, 0.1) is 0 Å². The minimum Gasteiger partial charge on any atom is -0.440 e. The molecule has 1 heterocycles. The van der Waals surface area contributed by atoms with Crippen molar-refractivity contribution < 1.29 is 14.0 Å². The highest BCUT2D eigenvalue weighted by molar-refractivity contribution is 5.88. The van der Waals surface area contributed by atoms with Crippen LogP contribution < -0.4 is 10.6 Å². The van der Waals surface area contributed by atoms with Crippen molar-refractivity contribution in [2.45, 2.75) is 26.3 Å². The normalized spacial score (nSPS) is 10.6. The van der Waals surface area contributed by atoms with Gasteiger partial charge < -0.3 is 15.1 Å². The molecule has 166 valence electrons. The number of carbonyl (C=O) groups is 2. The zero-order valence-corrected chi connectivity index (χ0v) is 18.4. The van der Waals surface area contributed by atoms with Gasteiger partial charge in [-0.2, -0.15) is 0 Å². The maximum absolute atomic E-state index is 12.4. The van der Waals surface area contributed by atoms with Crippen molar-refractivity contribution >= 4 is 17.5 Å². The first-order valence-corrected chi connectivity index (χ1v) is 10.8. The van der Waals surface area contributed by atoms with E-state index < -0.39 is 0 Å². The fraction of sp³-hybridized carbons (Fsp3) is 0.148. The van der Waals surface area contributed by atoms with Crippen LogP contribution in [0, 0.1) is 0 Å². The molecule has 6 nitrogen and oxygen atoms in total. The van der Waals surface area contributed by atoms with Gasteiger partial charge in [0.1, 0.15) is 5.69 Å². The highest BCUT2D eigenvalue weighted by Gasteiger charge is 2.17. The molecule has 33 heavy (non-hydrogen) atoms. The quantitative estimate of drug-likeness (QED) is 0.394. The first kappa shape index (κ1) is 22.0. The van der Waals surface area contributed by atoms with Crippen molar-refractivity contribution in [1.29, 1.82) is 0 Å². The number of aryl methyl sites for hydroxylation is 1. The summed E-state index contributed by atoms with van der Waals surface area (Å²) in [6.07, 6.45) is 0.674. The van der Waals surface area contributed by atoms with Crippen molar-refractivity contribution in [3.05, 3.63) is 96.4 Å². The molecular formula is C27H25N3O3. The van der Waals surface area contributed by atoms with E-state index in [-0.39, 0.29) is 18.2 Å². The van der Waals surface area contributed by atoms with Gasteiger partial charge in [0.2, 0.25) is 11.8 Å². The van der Waals surface area contributed by atoms with Crippen LogP contribution in [-0.2, 0) is 22.6 Å². The lowest BCUT2D eigenvalue weighted by Gasteiger charge is -2.06. The van der Waals surface area contributed by atoms with Crippen LogP contribution >= 0.6 is 0 Å². The Balaban J connectivity index is 1.39. The minimum absolute atomic E-state index is 0.0818. The van der Waals surface area contributed by atoms with Crippen molar-refractivity contribution in [1.82, 2.24) is 10.3 Å². The lowest BCUT2D eigenvalue weighted by Crippen LogP contribution is -2.23. The Morgan fingerprint density at radius 3 is 2.12 bits per heavy atom. The van der Waals surface area contributed by atoms with Gasteiger partial charge >= 0.3 is 0 Å². The topological polar surface area (TPSA) is 84.2 Å². The average Bonchev–Trinajstić information content (AvgIpc) is 3.27. The number of oxazole rings is 1. The monoisotopic (exact) mass is 439 g/mol. The molecule has 2 amide bonds. The summed E-state index contributed by atoms with van der Waals surface area (Å²) >= 11 is 0. The maximum atomic E-state index is 12.4. The Hall–Kier alpha value is -4.19. The number of carbonyl (C=O) groups excluding carboxylic acids is 2. The van der Waals surface area contributed by atoms with Gasteiger partial charge in [-0.3, -0.25) is 9.59 Å². The van der Waals surface area contributed by atoms with Crippen LogP contribution in [0.4, 0.5) is 5.69 Å². The van der Waals surface area contributed by atoms with E-state index in [0.29, 0.717) is 24.6 Å². The molecule has 0 spiro atoms. The molecule has 6 heteroatoms. The van der Waals surface area contributed by atoms with Crippen LogP contribution in [0.5, 0.6) is 0 Å². The summed E-state index contributed by atoms with van der Waals surface area (Å²) in [6.45, 7) is 1.88. The van der Waals surface area contributed by atoms with E-state index in [2.05, 4.69) is 10.6 Å². The van der Waals surface area contributed by atoms with Gasteiger partial charge in [0.15, 0.2) is 11.7 Å². The Morgan fingerprint density at radius 2 is 1.48 bits per heavy atom. The third-order valence-corrected chi connectivity index (χ3v) is 5.08. The smallest absolute Gasteiger partial charge is 0.221 e. The highest BCUT2D eigenvalue weighted by Crippen LogP contribution is 2.32. The summed E-state index contributed by atoms with van der Waals surface area (Å²) in [7, 11) is 0. The van der Waals surface area contributed by atoms with Crippen LogP contribution in [0.3, 0.4) is 0 Å². The van der Waals surface area contributed by atoms with E-state index in [1.54, 1.807) is 0 Å². The lowest BCUT2D eigenvalue weighted by atomic mass is 10.1. The number of amides is 2. The van der Waals surface area contributed by atoms with Crippen molar-refractivity contribution in [2.24, 2.45) is 0 Å². The van der Waals surface area contributed by atoms with Crippen molar-refractivity contribution in [3.8, 4) is 22.6 Å². The molecule has 0 bridgehead atoms. The first-order chi connectivity index (χ1) is 16.1. The summed E-state index contributed by atoms with van der Waals surface area (Å²) in [5, 5.41) is 5.64. The van der Waals surface area contributed by atoms with Crippen molar-refractivity contribution in [3.63, 3.8) is 0 Å². The van der Waals surface area contributed by atoms with E-state index in [1.807, 2.05) is 84.9 Å². The fourth-order valence-corrected chi connectivity index (χ4v) is 3.47. The molecule has 0 atom stereocenters. The average molecular weight is 440 g/mol. The number of hydrogen-bond acceptors (Lipinski definition) is 4. The number of nitrogens with zero attached hydrogens (tertiary/aromatic N) is 1. The van der Waals surface area contributed by atoms with Crippen LogP contribution in [0.25, 0.3) is 22.6 Å². The van der Waals surface area contributed by atoms with Crippen molar-refractivity contribution in [2.75, 3.05) is 5.32 Å². The molecule has 0 aliphatic heterocycles. The molecule has 0 radical (unpaired) electrons. The van der Waals surface area contributed by atoms with Crippen LogP contribution in [0.15, 0.2) is 89.3 Å². The molecule has 3 aromatic carbocycles. The van der Waals surface area contributed by atoms with Gasteiger partial charge in [0.25, 0.3) is 0 Å². The Kier molecular flexibility index (Phi) is 6.95. The van der Waals surface area contributed by atoms with Gasteiger partial charge in [-0.1, -0.05) is 72.8 Å². The maximum Gasteiger partial charge on any atom is 0.221 e. The highest BCUT2D eigenvalue weighted by atomic mass is 16.4. The van der Waals surface area contributed by atoms with Crippen LogP contribution in [0.2, 0.25) is 0 Å². The SMILES string of the molecule is CC(=O)Nc1ccc(CNC(=O)CCc2nc(-c3ccccc3)c(-c3ccccc3)o2)cc1.